The minimum atomic E-state index is -0.679. The highest BCUT2D eigenvalue weighted by molar-refractivity contribution is 6.42. The average molecular weight is 399 g/mol. The van der Waals surface area contributed by atoms with Crippen LogP contribution >= 0.6 is 23.2 Å². The van der Waals surface area contributed by atoms with Gasteiger partial charge < -0.3 is 10.2 Å². The molecule has 144 valence electrons. The molecule has 1 atom stereocenters. The Labute approximate surface area is 166 Å². The monoisotopic (exact) mass is 398 g/mol. The molecule has 1 saturated heterocycles. The molecule has 0 saturated carbocycles. The lowest BCUT2D eigenvalue weighted by Crippen LogP contribution is -2.49. The van der Waals surface area contributed by atoms with E-state index in [4.69, 9.17) is 23.2 Å². The van der Waals surface area contributed by atoms with E-state index in [9.17, 15) is 9.59 Å². The van der Waals surface area contributed by atoms with Gasteiger partial charge in [-0.05, 0) is 56.7 Å². The van der Waals surface area contributed by atoms with Crippen molar-refractivity contribution >= 4 is 35.0 Å². The molecule has 0 aromatic heterocycles. The molecule has 1 aromatic rings. The van der Waals surface area contributed by atoms with Gasteiger partial charge in [-0.1, -0.05) is 36.2 Å². The molecule has 1 aromatic carbocycles. The number of hydrogen-bond donors (Lipinski definition) is 1. The normalized spacial score (nSPS) is 17.9. The van der Waals surface area contributed by atoms with E-state index in [0.29, 0.717) is 35.5 Å². The third-order valence-corrected chi connectivity index (χ3v) is 5.79. The maximum Gasteiger partial charge on any atom is 0.232 e. The van der Waals surface area contributed by atoms with Gasteiger partial charge in [0.25, 0.3) is 0 Å². The molecule has 0 radical (unpaired) electrons. The Balaban J connectivity index is 2.02. The number of halogens is 2. The van der Waals surface area contributed by atoms with Crippen LogP contribution in [0.1, 0.15) is 52.0 Å². The molecule has 1 N–H and O–H groups in total. The first-order valence-corrected chi connectivity index (χ1v) is 10.0. The standard InChI is InChI=1S/C20H28Cl2N2O2/c1-4-6-18(25)23-12-14-7-5-10-24(13-14)19(26)20(2,3)15-8-9-16(21)17(22)11-15/h8-9,11,14H,4-7,10,12-13H2,1-3H3,(H,23,25). The highest BCUT2D eigenvalue weighted by Crippen LogP contribution is 2.32. The number of carbonyl (C=O) groups is 2. The third-order valence-electron chi connectivity index (χ3n) is 5.05. The molecule has 1 heterocycles. The van der Waals surface area contributed by atoms with E-state index in [0.717, 1.165) is 31.4 Å². The van der Waals surface area contributed by atoms with Gasteiger partial charge >= 0.3 is 0 Å². The van der Waals surface area contributed by atoms with Gasteiger partial charge in [-0.25, -0.2) is 0 Å². The van der Waals surface area contributed by atoms with E-state index >= 15 is 0 Å². The van der Waals surface area contributed by atoms with Crippen LogP contribution in [0.4, 0.5) is 0 Å². The van der Waals surface area contributed by atoms with Gasteiger partial charge in [0.15, 0.2) is 0 Å². The first-order valence-electron chi connectivity index (χ1n) is 9.27. The number of rotatable bonds is 6. The Morgan fingerprint density at radius 1 is 1.27 bits per heavy atom. The van der Waals surface area contributed by atoms with Crippen molar-refractivity contribution in [2.75, 3.05) is 19.6 Å². The minimum absolute atomic E-state index is 0.0838. The summed E-state index contributed by atoms with van der Waals surface area (Å²) in [5.41, 5.74) is 0.178. The summed E-state index contributed by atoms with van der Waals surface area (Å²) in [7, 11) is 0. The molecule has 4 nitrogen and oxygen atoms in total. The molecule has 1 aliphatic heterocycles. The molecular weight excluding hydrogens is 371 g/mol. The molecule has 0 spiro atoms. The molecule has 6 heteroatoms. The van der Waals surface area contributed by atoms with Crippen LogP contribution in [0.15, 0.2) is 18.2 Å². The van der Waals surface area contributed by atoms with Gasteiger partial charge in [-0.15, -0.1) is 0 Å². The fourth-order valence-electron chi connectivity index (χ4n) is 3.39. The van der Waals surface area contributed by atoms with Crippen molar-refractivity contribution < 1.29 is 9.59 Å². The summed E-state index contributed by atoms with van der Waals surface area (Å²) in [6, 6.07) is 5.36. The molecule has 0 aliphatic carbocycles. The Hall–Kier alpha value is -1.26. The zero-order valence-electron chi connectivity index (χ0n) is 15.8. The number of likely N-dealkylation sites (tertiary alicyclic amines) is 1. The highest BCUT2D eigenvalue weighted by atomic mass is 35.5. The third kappa shape index (κ3) is 5.14. The molecule has 26 heavy (non-hydrogen) atoms. The van der Waals surface area contributed by atoms with Crippen molar-refractivity contribution in [2.45, 2.75) is 51.9 Å². The maximum atomic E-state index is 13.2. The van der Waals surface area contributed by atoms with Crippen LogP contribution in [0.5, 0.6) is 0 Å². The predicted molar refractivity (Wildman–Crippen MR) is 107 cm³/mol. The van der Waals surface area contributed by atoms with Crippen LogP contribution in [0, 0.1) is 5.92 Å². The highest BCUT2D eigenvalue weighted by Gasteiger charge is 2.36. The number of nitrogens with zero attached hydrogens (tertiary/aromatic N) is 1. The van der Waals surface area contributed by atoms with Crippen LogP contribution in [0.3, 0.4) is 0 Å². The smallest absolute Gasteiger partial charge is 0.232 e. The predicted octanol–water partition coefficient (Wildman–Crippen LogP) is 4.43. The number of benzene rings is 1. The Morgan fingerprint density at radius 2 is 2.00 bits per heavy atom. The molecule has 2 rings (SSSR count). The number of amides is 2. The van der Waals surface area contributed by atoms with Crippen LogP contribution in [0.25, 0.3) is 0 Å². The summed E-state index contributed by atoms with van der Waals surface area (Å²) in [6.45, 7) is 7.89. The summed E-state index contributed by atoms with van der Waals surface area (Å²) < 4.78 is 0. The van der Waals surface area contributed by atoms with Crippen molar-refractivity contribution in [1.29, 1.82) is 0 Å². The lowest BCUT2D eigenvalue weighted by Gasteiger charge is -2.38. The maximum absolute atomic E-state index is 13.2. The molecule has 0 bridgehead atoms. The molecule has 1 unspecified atom stereocenters. The van der Waals surface area contributed by atoms with Crippen molar-refractivity contribution in [1.82, 2.24) is 10.2 Å². The van der Waals surface area contributed by atoms with Crippen LogP contribution in [0.2, 0.25) is 10.0 Å². The number of nitrogens with one attached hydrogen (secondary N) is 1. The molecule has 2 amide bonds. The second-order valence-corrected chi connectivity index (χ2v) is 8.38. The SMILES string of the molecule is CCCC(=O)NCC1CCCN(C(=O)C(C)(C)c2ccc(Cl)c(Cl)c2)C1. The lowest BCUT2D eigenvalue weighted by molar-refractivity contribution is -0.138. The van der Waals surface area contributed by atoms with Gasteiger partial charge in [0.1, 0.15) is 0 Å². The summed E-state index contributed by atoms with van der Waals surface area (Å²) in [4.78, 5) is 26.8. The van der Waals surface area contributed by atoms with Gasteiger partial charge in [0, 0.05) is 26.1 Å². The summed E-state index contributed by atoms with van der Waals surface area (Å²) in [5.74, 6) is 0.477. The van der Waals surface area contributed by atoms with E-state index < -0.39 is 5.41 Å². The number of piperidine rings is 1. The first kappa shape index (κ1) is 21.0. The molecule has 1 fully saturated rings. The second kappa shape index (κ2) is 9.09. The Bertz CT molecular complexity index is 661. The van der Waals surface area contributed by atoms with Gasteiger partial charge in [0.2, 0.25) is 11.8 Å². The Morgan fingerprint density at radius 3 is 2.65 bits per heavy atom. The van der Waals surface area contributed by atoms with E-state index in [2.05, 4.69) is 5.32 Å². The van der Waals surface area contributed by atoms with Gasteiger partial charge in [-0.2, -0.15) is 0 Å². The zero-order chi connectivity index (χ0) is 19.3. The van der Waals surface area contributed by atoms with Crippen molar-refractivity contribution in [3.63, 3.8) is 0 Å². The van der Waals surface area contributed by atoms with Crippen molar-refractivity contribution in [3.05, 3.63) is 33.8 Å². The minimum Gasteiger partial charge on any atom is -0.356 e. The largest absolute Gasteiger partial charge is 0.356 e. The Kier molecular flexibility index (Phi) is 7.36. The van der Waals surface area contributed by atoms with E-state index in [1.54, 1.807) is 12.1 Å². The van der Waals surface area contributed by atoms with E-state index in [1.807, 2.05) is 31.7 Å². The summed E-state index contributed by atoms with van der Waals surface area (Å²) in [6.07, 6.45) is 3.39. The first-order chi connectivity index (χ1) is 12.3. The fraction of sp³-hybridized carbons (Fsp3) is 0.600. The van der Waals surface area contributed by atoms with E-state index in [-0.39, 0.29) is 11.8 Å². The summed E-state index contributed by atoms with van der Waals surface area (Å²) in [5, 5.41) is 3.93. The van der Waals surface area contributed by atoms with Crippen molar-refractivity contribution in [2.24, 2.45) is 5.92 Å². The topological polar surface area (TPSA) is 49.4 Å². The average Bonchev–Trinajstić information content (AvgIpc) is 2.62. The van der Waals surface area contributed by atoms with Gasteiger partial charge in [0.05, 0.1) is 15.5 Å². The van der Waals surface area contributed by atoms with Crippen LogP contribution in [-0.4, -0.2) is 36.3 Å². The number of hydrogen-bond acceptors (Lipinski definition) is 2. The lowest BCUT2D eigenvalue weighted by atomic mass is 9.82. The zero-order valence-corrected chi connectivity index (χ0v) is 17.3. The quantitative estimate of drug-likeness (QED) is 0.770. The van der Waals surface area contributed by atoms with Crippen LogP contribution < -0.4 is 5.32 Å². The number of carbonyl (C=O) groups excluding carboxylic acids is 2. The second-order valence-electron chi connectivity index (χ2n) is 7.57. The van der Waals surface area contributed by atoms with Crippen LogP contribution in [-0.2, 0) is 15.0 Å². The fourth-order valence-corrected chi connectivity index (χ4v) is 3.69. The molecule has 1 aliphatic rings. The summed E-state index contributed by atoms with van der Waals surface area (Å²) >= 11 is 12.1. The molecular formula is C20H28Cl2N2O2. The van der Waals surface area contributed by atoms with Gasteiger partial charge in [-0.3, -0.25) is 9.59 Å². The van der Waals surface area contributed by atoms with Crippen molar-refractivity contribution in [3.8, 4) is 0 Å². The van der Waals surface area contributed by atoms with E-state index in [1.165, 1.54) is 0 Å².